The van der Waals surface area contributed by atoms with Gasteiger partial charge in [-0.05, 0) is 49.6 Å². The van der Waals surface area contributed by atoms with Crippen molar-refractivity contribution in [1.29, 1.82) is 0 Å². The molecule has 3 atom stereocenters. The van der Waals surface area contributed by atoms with Gasteiger partial charge in [-0.2, -0.15) is 4.98 Å². The lowest BCUT2D eigenvalue weighted by Crippen LogP contribution is -2.58. The van der Waals surface area contributed by atoms with Crippen molar-refractivity contribution in [3.05, 3.63) is 63.9 Å². The fraction of sp³-hybridized carbons (Fsp3) is 0.462. The molecule has 196 valence electrons. The van der Waals surface area contributed by atoms with Crippen LogP contribution in [0.1, 0.15) is 45.2 Å². The molecule has 0 amide bonds. The second-order valence-corrected chi connectivity index (χ2v) is 9.23. The molecule has 1 aliphatic rings. The highest BCUT2D eigenvalue weighted by atomic mass is 19.4. The van der Waals surface area contributed by atoms with Crippen molar-refractivity contribution < 1.29 is 17.9 Å². The van der Waals surface area contributed by atoms with Gasteiger partial charge in [0.25, 0.3) is 5.82 Å². The van der Waals surface area contributed by atoms with Crippen LogP contribution in [0.4, 0.5) is 24.8 Å². The Morgan fingerprint density at radius 3 is 2.43 bits per heavy atom. The van der Waals surface area contributed by atoms with Crippen molar-refractivity contribution in [3.63, 3.8) is 0 Å². The summed E-state index contributed by atoms with van der Waals surface area (Å²) in [5.74, 6) is 0.457. The van der Waals surface area contributed by atoms with E-state index < -0.39 is 12.1 Å². The van der Waals surface area contributed by atoms with E-state index in [1.165, 1.54) is 16.7 Å². The Balaban J connectivity index is 1.66. The molecule has 0 spiro atoms. The zero-order chi connectivity index (χ0) is 26.9. The zero-order valence-electron chi connectivity index (χ0n) is 21.2. The number of rotatable bonds is 6. The van der Waals surface area contributed by atoms with Crippen LogP contribution in [0.25, 0.3) is 15.9 Å². The molecule has 0 N–H and O–H groups in total. The summed E-state index contributed by atoms with van der Waals surface area (Å²) in [6, 6.07) is 9.43. The molecule has 1 unspecified atom stereocenters. The quantitative estimate of drug-likeness (QED) is 0.421. The van der Waals surface area contributed by atoms with E-state index in [-0.39, 0.29) is 29.7 Å². The predicted octanol–water partition coefficient (Wildman–Crippen LogP) is 5.22. The lowest BCUT2D eigenvalue weighted by Gasteiger charge is -2.48. The molecule has 0 aliphatic carbocycles. The van der Waals surface area contributed by atoms with Crippen molar-refractivity contribution in [1.82, 2.24) is 19.4 Å². The van der Waals surface area contributed by atoms with E-state index in [1.807, 2.05) is 0 Å². The van der Waals surface area contributed by atoms with Crippen LogP contribution >= 0.6 is 0 Å². The molecule has 11 heteroatoms. The number of aryl methyl sites for hydroxylation is 1. The third kappa shape index (κ3) is 5.39. The molecule has 37 heavy (non-hydrogen) atoms. The summed E-state index contributed by atoms with van der Waals surface area (Å²) in [6.07, 6.45) is -3.14. The minimum Gasteiger partial charge on any atom is -0.406 e. The Bertz CT molecular complexity index is 1370. The van der Waals surface area contributed by atoms with E-state index in [9.17, 15) is 18.0 Å². The number of hydrogen-bond donors (Lipinski definition) is 0. The molecule has 4 rings (SSSR count). The maximum absolute atomic E-state index is 12.7. The van der Waals surface area contributed by atoms with Crippen molar-refractivity contribution in [2.45, 2.75) is 58.1 Å². The molecule has 0 saturated carbocycles. The summed E-state index contributed by atoms with van der Waals surface area (Å²) in [6.45, 7) is 14.8. The van der Waals surface area contributed by atoms with Gasteiger partial charge in [0.2, 0.25) is 5.52 Å². The van der Waals surface area contributed by atoms with Gasteiger partial charge in [0.05, 0.1) is 5.52 Å². The van der Waals surface area contributed by atoms with E-state index in [0.717, 1.165) is 18.4 Å². The van der Waals surface area contributed by atoms with E-state index in [2.05, 4.69) is 50.1 Å². The first-order chi connectivity index (χ1) is 17.6. The van der Waals surface area contributed by atoms with Crippen molar-refractivity contribution in [2.24, 2.45) is 7.05 Å². The Morgan fingerprint density at radius 2 is 1.84 bits per heavy atom. The third-order valence-electron chi connectivity index (χ3n) is 6.95. The van der Waals surface area contributed by atoms with Crippen LogP contribution in [0.15, 0.2) is 41.2 Å². The summed E-state index contributed by atoms with van der Waals surface area (Å²) < 4.78 is 43.2. The smallest absolute Gasteiger partial charge is 0.406 e. The molecule has 3 heterocycles. The fourth-order valence-corrected chi connectivity index (χ4v) is 5.12. The van der Waals surface area contributed by atoms with Gasteiger partial charge in [0.1, 0.15) is 5.75 Å². The van der Waals surface area contributed by atoms with Crippen molar-refractivity contribution in [3.8, 4) is 5.75 Å². The Kier molecular flexibility index (Phi) is 7.41. The Morgan fingerprint density at radius 1 is 1.14 bits per heavy atom. The molecule has 0 bridgehead atoms. The van der Waals surface area contributed by atoms with Crippen molar-refractivity contribution in [2.75, 3.05) is 18.0 Å². The molecule has 1 fully saturated rings. The van der Waals surface area contributed by atoms with Gasteiger partial charge in [-0.25, -0.2) is 4.79 Å². The topological polar surface area (TPSA) is 67.9 Å². The monoisotopic (exact) mass is 514 g/mol. The van der Waals surface area contributed by atoms with Crippen LogP contribution in [-0.2, 0) is 7.05 Å². The SMILES string of the molecule is [C-]#[N+]c1ccc2c(n1)c(N1C[C@@H](CC)N(C(CC)c3ccc(OC(F)(F)F)cc3)C[C@@H]1C)nc(=O)n2C. The third-order valence-corrected chi connectivity index (χ3v) is 6.95. The molecule has 8 nitrogen and oxygen atoms in total. The van der Waals surface area contributed by atoms with Gasteiger partial charge in [-0.15, -0.1) is 18.2 Å². The first-order valence-corrected chi connectivity index (χ1v) is 12.2. The number of halogens is 3. The summed E-state index contributed by atoms with van der Waals surface area (Å²) in [5.41, 5.74) is 1.64. The molecule has 0 radical (unpaired) electrons. The van der Waals surface area contributed by atoms with Gasteiger partial charge in [-0.3, -0.25) is 9.47 Å². The van der Waals surface area contributed by atoms with E-state index in [0.29, 0.717) is 29.9 Å². The number of nitrogens with zero attached hydrogens (tertiary/aromatic N) is 6. The average molecular weight is 515 g/mol. The number of anilines is 1. The number of piperazine rings is 1. The summed E-state index contributed by atoms with van der Waals surface area (Å²) >= 11 is 0. The number of pyridine rings is 1. The average Bonchev–Trinajstić information content (AvgIpc) is 2.86. The molecule has 3 aromatic rings. The van der Waals surface area contributed by atoms with Crippen LogP contribution in [0.3, 0.4) is 0 Å². The van der Waals surface area contributed by atoms with Crippen LogP contribution in [0, 0.1) is 6.57 Å². The lowest BCUT2D eigenvalue weighted by molar-refractivity contribution is -0.274. The second kappa shape index (κ2) is 10.4. The van der Waals surface area contributed by atoms with Crippen LogP contribution < -0.4 is 15.3 Å². The second-order valence-electron chi connectivity index (χ2n) is 9.23. The Hall–Kier alpha value is -3.65. The standard InChI is InChI=1S/C26H29F3N6O2/c1-6-18-15-34(24-23-21(33(5)25(36)32-24)12-13-22(30-4)31-23)16(3)14-35(18)20(7-2)17-8-10-19(11-9-17)37-26(27,28)29/h8-13,16,18,20H,6-7,14-15H2,1-3,5H3/t16-,18+,20?/m0/s1. The van der Waals surface area contributed by atoms with Gasteiger partial charge in [0.15, 0.2) is 5.82 Å². The number of alkyl halides is 3. The van der Waals surface area contributed by atoms with Crippen molar-refractivity contribution >= 4 is 22.7 Å². The van der Waals surface area contributed by atoms with Gasteiger partial charge >= 0.3 is 12.1 Å². The molecular formula is C26H29F3N6O2. The summed E-state index contributed by atoms with van der Waals surface area (Å²) in [5, 5.41) is 0. The minimum absolute atomic E-state index is 0.00493. The van der Waals surface area contributed by atoms with E-state index in [4.69, 9.17) is 6.57 Å². The first kappa shape index (κ1) is 26.4. The molecular weight excluding hydrogens is 485 g/mol. The highest BCUT2D eigenvalue weighted by Crippen LogP contribution is 2.35. The molecule has 1 saturated heterocycles. The minimum atomic E-state index is -4.73. The number of ether oxygens (including phenoxy) is 1. The summed E-state index contributed by atoms with van der Waals surface area (Å²) in [4.78, 5) is 29.4. The van der Waals surface area contributed by atoms with Crippen LogP contribution in [0.2, 0.25) is 0 Å². The lowest BCUT2D eigenvalue weighted by atomic mass is 9.96. The number of aromatic nitrogens is 3. The summed E-state index contributed by atoms with van der Waals surface area (Å²) in [7, 11) is 1.63. The normalized spacial score (nSPS) is 19.6. The number of fused-ring (bicyclic) bond motifs is 1. The maximum Gasteiger partial charge on any atom is 0.573 e. The van der Waals surface area contributed by atoms with Crippen LogP contribution in [-0.4, -0.2) is 51.0 Å². The molecule has 2 aromatic heterocycles. The van der Waals surface area contributed by atoms with Crippen LogP contribution in [0.5, 0.6) is 5.75 Å². The maximum atomic E-state index is 12.7. The zero-order valence-corrected chi connectivity index (χ0v) is 21.2. The highest BCUT2D eigenvalue weighted by Gasteiger charge is 2.37. The van der Waals surface area contributed by atoms with E-state index >= 15 is 0 Å². The number of hydrogen-bond acceptors (Lipinski definition) is 6. The molecule has 1 aromatic carbocycles. The largest absolute Gasteiger partial charge is 0.573 e. The first-order valence-electron chi connectivity index (χ1n) is 12.2. The Labute approximate surface area is 213 Å². The predicted molar refractivity (Wildman–Crippen MR) is 135 cm³/mol. The molecule has 1 aliphatic heterocycles. The highest BCUT2D eigenvalue weighted by molar-refractivity contribution is 5.87. The van der Waals surface area contributed by atoms with Gasteiger partial charge in [0, 0.05) is 38.3 Å². The van der Waals surface area contributed by atoms with E-state index in [1.54, 1.807) is 31.3 Å². The van der Waals surface area contributed by atoms with Gasteiger partial charge in [-0.1, -0.05) is 32.6 Å². The fourth-order valence-electron chi connectivity index (χ4n) is 5.12. The number of benzene rings is 1. The van der Waals surface area contributed by atoms with Gasteiger partial charge < -0.3 is 14.5 Å².